The fourth-order valence-corrected chi connectivity index (χ4v) is 15.0. The van der Waals surface area contributed by atoms with Crippen molar-refractivity contribution < 1.29 is 99.3 Å². The Morgan fingerprint density at radius 3 is 1.85 bits per heavy atom. The molecule has 24 atom stereocenters. The van der Waals surface area contributed by atoms with Crippen LogP contribution in [0.3, 0.4) is 0 Å². The van der Waals surface area contributed by atoms with E-state index in [-0.39, 0.29) is 46.0 Å². The molecule has 3 aliphatic heterocycles. The summed E-state index contributed by atoms with van der Waals surface area (Å²) in [5.74, 6) is -2.40. The van der Waals surface area contributed by atoms with E-state index in [1.54, 1.807) is 0 Å². The molecule has 388 valence electrons. The molecule has 0 unspecified atom stereocenters. The monoisotopic (exact) mass is 972 g/mol. The van der Waals surface area contributed by atoms with Crippen molar-refractivity contribution in [1.82, 2.24) is 0 Å². The summed E-state index contributed by atoms with van der Waals surface area (Å²) in [6, 6.07) is 0. The Bertz CT molecular complexity index is 1900. The summed E-state index contributed by atoms with van der Waals surface area (Å²) in [6.45, 7) is 11.5. The van der Waals surface area contributed by atoms with Crippen LogP contribution in [0.25, 0.3) is 0 Å². The maximum atomic E-state index is 14.7. The number of ether oxygens (including phenoxy) is 6. The smallest absolute Gasteiger partial charge is 0.335 e. The van der Waals surface area contributed by atoms with E-state index in [1.165, 1.54) is 5.57 Å². The van der Waals surface area contributed by atoms with E-state index in [4.69, 9.17) is 28.4 Å². The van der Waals surface area contributed by atoms with Crippen molar-refractivity contribution in [3.05, 3.63) is 11.6 Å². The molecule has 0 bridgehead atoms. The molecule has 0 aromatic carbocycles. The quantitative estimate of drug-likeness (QED) is 0.0725. The normalized spacial score (nSPS) is 53.4. The van der Waals surface area contributed by atoms with Gasteiger partial charge in [0.15, 0.2) is 18.7 Å². The van der Waals surface area contributed by atoms with Gasteiger partial charge >= 0.3 is 11.9 Å². The van der Waals surface area contributed by atoms with Crippen LogP contribution in [0.5, 0.6) is 0 Å². The van der Waals surface area contributed by atoms with Gasteiger partial charge in [0, 0.05) is 5.41 Å². The first-order valence-electron chi connectivity index (χ1n) is 24.5. The standard InChI is InChI=1S/C48H76O20/c1-43(2)13-15-48(42(62)68-40-35(59)31(55)29(53)24(19-50)64-40)16-14-46(5)21(22(48)17-43)7-8-26-44(3)11-10-27(45(4,20-51)25(44)9-12-47(26,46)6)65-41-37(33(57)32(56)36(66-41)38(60)61)67-39-34(58)30(54)28(52)23(18-49)63-39/h7,22-37,39-41,49-59H,8-20H2,1-6H3,(H,60,61)/t22-,23+,24+,25-,26-,27-,28+,29+,30-,31-,32-,33-,34+,35+,36-,37+,39-,40-,41+,44+,45-,46-,47-,48-/m1/s1. The molecule has 20 nitrogen and oxygen atoms in total. The third-order valence-electron chi connectivity index (χ3n) is 19.4. The SMILES string of the molecule is CC1(C)CC[C@@]2(C(=O)O[C@H]3O[C@@H](CO)[C@H](O)[C@@H](O)[C@@H]3O)CC[C@]3(C)C(=CC[C@@H]4[C@@]5(C)CC[C@@H](O[C@H]6O[C@@H](C(=O)O)[C@H](O)[C@@H](O)[C@@H]6O[C@H]6O[C@@H](CO)[C@H](O)[C@@H](O)[C@@H]6O)[C@](C)(CO)[C@@H]5CC[C@]43C)[C@H]2C1. The zero-order chi connectivity index (χ0) is 49.8. The first-order chi connectivity index (χ1) is 31.8. The Morgan fingerprint density at radius 1 is 0.647 bits per heavy atom. The molecule has 8 rings (SSSR count). The van der Waals surface area contributed by atoms with E-state index >= 15 is 0 Å². The maximum absolute atomic E-state index is 14.7. The van der Waals surface area contributed by atoms with Gasteiger partial charge in [-0.25, -0.2) is 4.79 Å². The van der Waals surface area contributed by atoms with E-state index in [0.717, 1.165) is 12.8 Å². The lowest BCUT2D eigenvalue weighted by molar-refractivity contribution is -0.375. The second kappa shape index (κ2) is 18.5. The molecule has 5 aliphatic carbocycles. The minimum atomic E-state index is -2.03. The summed E-state index contributed by atoms with van der Waals surface area (Å²) >= 11 is 0. The van der Waals surface area contributed by atoms with Gasteiger partial charge in [-0.1, -0.05) is 53.2 Å². The highest BCUT2D eigenvalue weighted by molar-refractivity contribution is 5.79. The van der Waals surface area contributed by atoms with Gasteiger partial charge in [-0.2, -0.15) is 0 Å². The van der Waals surface area contributed by atoms with Crippen LogP contribution in [-0.2, 0) is 38.0 Å². The van der Waals surface area contributed by atoms with Gasteiger partial charge in [0.25, 0.3) is 0 Å². The van der Waals surface area contributed by atoms with Crippen molar-refractivity contribution in [2.75, 3.05) is 19.8 Å². The second-order valence-corrected chi connectivity index (χ2v) is 23.3. The lowest BCUT2D eigenvalue weighted by Crippen LogP contribution is -2.68. The highest BCUT2D eigenvalue weighted by atomic mass is 16.8. The average Bonchev–Trinajstić information content (AvgIpc) is 3.29. The molecule has 12 N–H and O–H groups in total. The van der Waals surface area contributed by atoms with Crippen molar-refractivity contribution in [3.63, 3.8) is 0 Å². The number of aliphatic carboxylic acids is 1. The summed E-state index contributed by atoms with van der Waals surface area (Å²) in [7, 11) is 0. The number of fused-ring (bicyclic) bond motifs is 7. The molecule has 3 saturated heterocycles. The Kier molecular flexibility index (Phi) is 14.3. The van der Waals surface area contributed by atoms with E-state index < -0.39 is 134 Å². The van der Waals surface area contributed by atoms with E-state index in [1.807, 2.05) is 6.92 Å². The van der Waals surface area contributed by atoms with Crippen LogP contribution >= 0.6 is 0 Å². The predicted octanol–water partition coefficient (Wildman–Crippen LogP) is -0.795. The molecule has 0 radical (unpaired) electrons. The van der Waals surface area contributed by atoms with Crippen LogP contribution in [-0.4, -0.2) is 191 Å². The lowest BCUT2D eigenvalue weighted by Gasteiger charge is -2.71. The molecule has 7 fully saturated rings. The molecular weight excluding hydrogens is 897 g/mol. The summed E-state index contributed by atoms with van der Waals surface area (Å²) < 4.78 is 35.5. The van der Waals surface area contributed by atoms with Crippen molar-refractivity contribution in [2.24, 2.45) is 50.2 Å². The Labute approximate surface area is 396 Å². The van der Waals surface area contributed by atoms with E-state index in [2.05, 4.69) is 40.7 Å². The van der Waals surface area contributed by atoms with Gasteiger partial charge in [-0.3, -0.25) is 4.79 Å². The summed E-state index contributed by atoms with van der Waals surface area (Å²) in [6.07, 6.45) is -18.1. The van der Waals surface area contributed by atoms with Crippen LogP contribution in [0.2, 0.25) is 0 Å². The molecule has 8 aliphatic rings. The summed E-state index contributed by atoms with van der Waals surface area (Å²) in [5, 5.41) is 127. The molecule has 4 saturated carbocycles. The average molecular weight is 973 g/mol. The molecule has 20 heteroatoms. The van der Waals surface area contributed by atoms with Gasteiger partial charge in [-0.15, -0.1) is 0 Å². The van der Waals surface area contributed by atoms with Crippen LogP contribution in [0.4, 0.5) is 0 Å². The van der Waals surface area contributed by atoms with Gasteiger partial charge in [-0.05, 0) is 104 Å². The number of carboxylic acid groups (broad SMARTS) is 1. The summed E-state index contributed by atoms with van der Waals surface area (Å²) in [4.78, 5) is 27.0. The lowest BCUT2D eigenvalue weighted by atomic mass is 9.33. The minimum Gasteiger partial charge on any atom is -0.479 e. The number of carboxylic acids is 1. The highest BCUT2D eigenvalue weighted by Crippen LogP contribution is 2.76. The molecule has 0 spiro atoms. The number of hydrogen-bond donors (Lipinski definition) is 12. The van der Waals surface area contributed by atoms with Crippen molar-refractivity contribution in [3.8, 4) is 0 Å². The first-order valence-corrected chi connectivity index (χ1v) is 24.5. The topological polar surface area (TPSA) is 332 Å². The molecule has 3 heterocycles. The number of carbonyl (C=O) groups is 2. The molecular formula is C48H76O20. The van der Waals surface area contributed by atoms with Crippen LogP contribution < -0.4 is 0 Å². The number of hydrogen-bond acceptors (Lipinski definition) is 19. The number of aliphatic hydroxyl groups excluding tert-OH is 11. The van der Waals surface area contributed by atoms with Gasteiger partial charge < -0.3 is 89.7 Å². The second-order valence-electron chi connectivity index (χ2n) is 23.3. The van der Waals surface area contributed by atoms with Gasteiger partial charge in [0.05, 0.1) is 31.3 Å². The van der Waals surface area contributed by atoms with Gasteiger partial charge in [0.1, 0.15) is 67.1 Å². The van der Waals surface area contributed by atoms with Crippen LogP contribution in [0.1, 0.15) is 106 Å². The summed E-state index contributed by atoms with van der Waals surface area (Å²) in [5.41, 5.74) is -1.87. The Morgan fingerprint density at radius 2 is 1.25 bits per heavy atom. The first kappa shape index (κ1) is 52.4. The highest BCUT2D eigenvalue weighted by Gasteiger charge is 2.71. The fraction of sp³-hybridized carbons (Fsp3) is 0.917. The minimum absolute atomic E-state index is 0.0982. The van der Waals surface area contributed by atoms with E-state index in [0.29, 0.717) is 51.4 Å². The van der Waals surface area contributed by atoms with Crippen molar-refractivity contribution >= 4 is 11.9 Å². The molecule has 68 heavy (non-hydrogen) atoms. The fourth-order valence-electron chi connectivity index (χ4n) is 15.0. The number of allylic oxidation sites excluding steroid dienone is 2. The Balaban J connectivity index is 1.07. The third-order valence-corrected chi connectivity index (χ3v) is 19.4. The zero-order valence-electron chi connectivity index (χ0n) is 39.9. The number of rotatable bonds is 10. The number of aliphatic hydroxyl groups is 11. The largest absolute Gasteiger partial charge is 0.479 e. The number of carbonyl (C=O) groups excluding carboxylic acids is 1. The predicted molar refractivity (Wildman–Crippen MR) is 232 cm³/mol. The molecule has 0 amide bonds. The van der Waals surface area contributed by atoms with Crippen molar-refractivity contribution in [1.29, 1.82) is 0 Å². The van der Waals surface area contributed by atoms with Gasteiger partial charge in [0.2, 0.25) is 6.29 Å². The van der Waals surface area contributed by atoms with Crippen molar-refractivity contribution in [2.45, 2.75) is 204 Å². The van der Waals surface area contributed by atoms with E-state index in [9.17, 15) is 70.9 Å². The maximum Gasteiger partial charge on any atom is 0.335 e. The zero-order valence-corrected chi connectivity index (χ0v) is 39.9. The Hall–Kier alpha value is -1.96. The third kappa shape index (κ3) is 8.03. The van der Waals surface area contributed by atoms with Crippen LogP contribution in [0, 0.1) is 50.2 Å². The number of esters is 1. The molecule has 0 aromatic rings. The molecule has 0 aromatic heterocycles. The van der Waals surface area contributed by atoms with Crippen LogP contribution in [0.15, 0.2) is 11.6 Å².